The molecule has 12 nitrogen and oxygen atoms in total. The predicted molar refractivity (Wildman–Crippen MR) is 152 cm³/mol. The van der Waals surface area contributed by atoms with Crippen LogP contribution in [-0.2, 0) is 38.4 Å². The normalized spacial score (nSPS) is 16.5. The number of rotatable bonds is 12. The highest BCUT2D eigenvalue weighted by molar-refractivity contribution is 5.94. The molecule has 2 aromatic carbocycles. The number of benzene rings is 2. The Labute approximate surface area is 244 Å². The first kappa shape index (κ1) is 29.2. The number of aliphatic carboxylic acids is 1. The average Bonchev–Trinajstić information content (AvgIpc) is 3.65. The summed E-state index contributed by atoms with van der Waals surface area (Å²) in [5, 5.41) is 21.5. The van der Waals surface area contributed by atoms with Crippen LogP contribution in [0.1, 0.15) is 30.0 Å². The van der Waals surface area contributed by atoms with E-state index < -0.39 is 24.6 Å². The van der Waals surface area contributed by atoms with Crippen LogP contribution in [0, 0.1) is 0 Å². The van der Waals surface area contributed by atoms with Crippen LogP contribution in [0.15, 0.2) is 65.3 Å². The summed E-state index contributed by atoms with van der Waals surface area (Å²) in [5.74, 6) is -1.65. The van der Waals surface area contributed by atoms with Crippen LogP contribution in [0.4, 0.5) is 5.88 Å². The SMILES string of the molecule is C[C@H](N[C@@H](CCc1ccccc1)C(=O)Nc1c[n+](N2CCOCC2)no1)C(=O)N(CC(=O)O)C1Cc2ccccc2C1. The molecule has 2 heterocycles. The summed E-state index contributed by atoms with van der Waals surface area (Å²) in [6.07, 6.45) is 3.77. The van der Waals surface area contributed by atoms with Crippen molar-refractivity contribution in [3.63, 3.8) is 0 Å². The van der Waals surface area contributed by atoms with Crippen molar-refractivity contribution in [3.05, 3.63) is 77.5 Å². The molecule has 3 N–H and O–H groups in total. The summed E-state index contributed by atoms with van der Waals surface area (Å²) >= 11 is 0. The molecule has 0 saturated carbocycles. The highest BCUT2D eigenvalue weighted by Crippen LogP contribution is 2.26. The second-order valence-corrected chi connectivity index (χ2v) is 10.7. The van der Waals surface area contributed by atoms with Gasteiger partial charge in [-0.2, -0.15) is 0 Å². The standard InChI is InChI=1S/C30H36N6O6/c1-21(30(40)35(20-28(37)38)25-17-23-9-5-6-10-24(23)18-25)31-26(12-11-22-7-3-2-4-8-22)29(39)32-27-19-36(33-42-27)34-13-15-41-16-14-34/h2-10,19,21,25-26,31H,11-18,20H2,1H3,(H-,32,33,37,38,39)/p+1/t21-,26-/m0/s1. The highest BCUT2D eigenvalue weighted by Gasteiger charge is 2.35. The third-order valence-electron chi connectivity index (χ3n) is 7.74. The van der Waals surface area contributed by atoms with Crippen molar-refractivity contribution < 1.29 is 33.5 Å². The maximum absolute atomic E-state index is 13.7. The summed E-state index contributed by atoms with van der Waals surface area (Å²) in [5.41, 5.74) is 3.29. The number of ether oxygens (including phenoxy) is 1. The Morgan fingerprint density at radius 1 is 1.07 bits per heavy atom. The summed E-state index contributed by atoms with van der Waals surface area (Å²) < 4.78 is 10.7. The summed E-state index contributed by atoms with van der Waals surface area (Å²) in [7, 11) is 0. The van der Waals surface area contributed by atoms with Crippen LogP contribution in [0.3, 0.4) is 0 Å². The Balaban J connectivity index is 1.28. The fourth-order valence-electron chi connectivity index (χ4n) is 5.55. The van der Waals surface area contributed by atoms with E-state index in [9.17, 15) is 19.5 Å². The molecule has 1 saturated heterocycles. The molecule has 1 aliphatic carbocycles. The Hall–Kier alpha value is -4.29. The number of nitrogens with one attached hydrogen (secondary N) is 2. The van der Waals surface area contributed by atoms with Crippen LogP contribution in [-0.4, -0.2) is 84.0 Å². The van der Waals surface area contributed by atoms with E-state index >= 15 is 0 Å². The minimum atomic E-state index is -1.08. The maximum atomic E-state index is 13.7. The van der Waals surface area contributed by atoms with E-state index in [-0.39, 0.29) is 23.7 Å². The summed E-state index contributed by atoms with van der Waals surface area (Å²) in [6.45, 7) is 3.69. The largest absolute Gasteiger partial charge is 0.480 e. The number of anilines is 1. The Morgan fingerprint density at radius 3 is 2.40 bits per heavy atom. The number of fused-ring (bicyclic) bond motifs is 1. The van der Waals surface area contributed by atoms with Crippen molar-refractivity contribution in [2.75, 3.05) is 43.2 Å². The van der Waals surface area contributed by atoms with Crippen molar-refractivity contribution in [1.29, 1.82) is 0 Å². The molecule has 0 bridgehead atoms. The molecule has 5 rings (SSSR count). The lowest BCUT2D eigenvalue weighted by Gasteiger charge is -2.31. The molecule has 42 heavy (non-hydrogen) atoms. The van der Waals surface area contributed by atoms with Crippen LogP contribution >= 0.6 is 0 Å². The first-order chi connectivity index (χ1) is 20.4. The van der Waals surface area contributed by atoms with Gasteiger partial charge in [0.25, 0.3) is 6.20 Å². The number of carbonyl (C=O) groups is 3. The third-order valence-corrected chi connectivity index (χ3v) is 7.74. The molecule has 2 atom stereocenters. The van der Waals surface area contributed by atoms with Gasteiger partial charge in [-0.15, -0.1) is 5.01 Å². The zero-order valence-electron chi connectivity index (χ0n) is 23.6. The minimum Gasteiger partial charge on any atom is -0.480 e. The van der Waals surface area contributed by atoms with Gasteiger partial charge in [0.05, 0.1) is 43.2 Å². The molecule has 12 heteroatoms. The van der Waals surface area contributed by atoms with E-state index in [1.54, 1.807) is 17.9 Å². The van der Waals surface area contributed by atoms with E-state index in [1.165, 1.54) is 4.90 Å². The number of hydrogen-bond acceptors (Lipinski definition) is 8. The number of nitrogens with zero attached hydrogens (tertiary/aromatic N) is 4. The summed E-state index contributed by atoms with van der Waals surface area (Å²) in [4.78, 5) is 41.9. The molecule has 0 unspecified atom stereocenters. The van der Waals surface area contributed by atoms with Crippen LogP contribution < -0.4 is 20.4 Å². The smallest absolute Gasteiger partial charge is 0.323 e. The van der Waals surface area contributed by atoms with Gasteiger partial charge in [-0.25, -0.2) is 0 Å². The molecular weight excluding hydrogens is 540 g/mol. The number of hydrogen-bond donors (Lipinski definition) is 3. The fourth-order valence-corrected chi connectivity index (χ4v) is 5.55. The fraction of sp³-hybridized carbons (Fsp3) is 0.433. The second-order valence-electron chi connectivity index (χ2n) is 10.7. The van der Waals surface area contributed by atoms with E-state index in [4.69, 9.17) is 9.26 Å². The quantitative estimate of drug-likeness (QED) is 0.268. The molecule has 2 amide bonds. The van der Waals surface area contributed by atoms with Gasteiger partial charge in [-0.1, -0.05) is 54.6 Å². The predicted octanol–water partition coefficient (Wildman–Crippen LogP) is 0.929. The van der Waals surface area contributed by atoms with Crippen molar-refractivity contribution in [2.24, 2.45) is 0 Å². The number of carbonyl (C=O) groups excluding carboxylic acids is 2. The molecule has 0 spiro atoms. The van der Waals surface area contributed by atoms with Gasteiger partial charge in [-0.05, 0) is 49.3 Å². The van der Waals surface area contributed by atoms with Gasteiger partial charge in [0.15, 0.2) is 0 Å². The van der Waals surface area contributed by atoms with Crippen molar-refractivity contribution in [1.82, 2.24) is 15.5 Å². The second kappa shape index (κ2) is 13.6. The Bertz CT molecular complexity index is 1350. The Kier molecular flexibility index (Phi) is 9.45. The van der Waals surface area contributed by atoms with Crippen LogP contribution in [0.2, 0.25) is 0 Å². The molecule has 1 aliphatic heterocycles. The van der Waals surface area contributed by atoms with Crippen molar-refractivity contribution in [3.8, 4) is 0 Å². The van der Waals surface area contributed by atoms with Crippen LogP contribution in [0.5, 0.6) is 0 Å². The lowest BCUT2D eigenvalue weighted by molar-refractivity contribution is -0.759. The number of aryl methyl sites for hydroxylation is 1. The zero-order valence-corrected chi connectivity index (χ0v) is 23.6. The zero-order chi connectivity index (χ0) is 29.5. The number of carboxylic acids is 1. The molecular formula is C30H37N6O6+. The van der Waals surface area contributed by atoms with Crippen LogP contribution in [0.25, 0.3) is 0 Å². The topological polar surface area (TPSA) is 141 Å². The van der Waals surface area contributed by atoms with E-state index in [1.807, 2.05) is 59.6 Å². The molecule has 1 fully saturated rings. The lowest BCUT2D eigenvalue weighted by atomic mass is 10.0. The van der Waals surface area contributed by atoms with Gasteiger partial charge < -0.3 is 14.7 Å². The number of aromatic nitrogens is 2. The van der Waals surface area contributed by atoms with Gasteiger partial charge in [0.2, 0.25) is 17.1 Å². The third kappa shape index (κ3) is 7.31. The van der Waals surface area contributed by atoms with Gasteiger partial charge >= 0.3 is 11.9 Å². The minimum absolute atomic E-state index is 0.174. The molecule has 222 valence electrons. The van der Waals surface area contributed by atoms with E-state index in [0.717, 1.165) is 16.7 Å². The first-order valence-electron chi connectivity index (χ1n) is 14.3. The molecule has 1 aromatic heterocycles. The van der Waals surface area contributed by atoms with Gasteiger partial charge in [0, 0.05) is 6.04 Å². The van der Waals surface area contributed by atoms with E-state index in [0.29, 0.717) is 52.0 Å². The molecule has 2 aliphatic rings. The summed E-state index contributed by atoms with van der Waals surface area (Å²) in [6, 6.07) is 15.8. The van der Waals surface area contributed by atoms with Gasteiger partial charge in [-0.3, -0.25) is 29.5 Å². The number of carboxylic acid groups (broad SMARTS) is 1. The van der Waals surface area contributed by atoms with Crippen molar-refractivity contribution in [2.45, 2.75) is 50.7 Å². The number of morpholine rings is 1. The molecule has 3 aromatic rings. The van der Waals surface area contributed by atoms with E-state index in [2.05, 4.69) is 15.9 Å². The molecule has 0 radical (unpaired) electrons. The monoisotopic (exact) mass is 577 g/mol. The first-order valence-corrected chi connectivity index (χ1v) is 14.3. The Morgan fingerprint density at radius 2 is 1.74 bits per heavy atom. The van der Waals surface area contributed by atoms with Crippen molar-refractivity contribution >= 4 is 23.7 Å². The lowest BCUT2D eigenvalue weighted by Crippen LogP contribution is -2.62. The van der Waals surface area contributed by atoms with Gasteiger partial charge in [0.1, 0.15) is 6.54 Å². The average molecular weight is 578 g/mol. The highest BCUT2D eigenvalue weighted by atomic mass is 16.5. The maximum Gasteiger partial charge on any atom is 0.323 e. The number of amides is 2.